The fourth-order valence-electron chi connectivity index (χ4n) is 5.51. The van der Waals surface area contributed by atoms with Gasteiger partial charge >= 0.3 is 0 Å². The van der Waals surface area contributed by atoms with E-state index in [1.54, 1.807) is 0 Å². The lowest BCUT2D eigenvalue weighted by atomic mass is 9.96. The molecule has 2 atom stereocenters. The molecule has 1 aliphatic heterocycles. The molecule has 200 valence electrons. The number of para-hydroxylation sites is 2. The second-order valence-corrected chi connectivity index (χ2v) is 10.8. The van der Waals surface area contributed by atoms with Crippen molar-refractivity contribution in [3.63, 3.8) is 0 Å². The molecule has 2 unspecified atom stereocenters. The maximum atomic E-state index is 6.64. The van der Waals surface area contributed by atoms with Crippen LogP contribution in [0.2, 0.25) is 5.02 Å². The van der Waals surface area contributed by atoms with Crippen LogP contribution in [0.25, 0.3) is 5.69 Å². The quantitative estimate of drug-likeness (QED) is 0.210. The van der Waals surface area contributed by atoms with Crippen LogP contribution in [0, 0.1) is 20.8 Å². The van der Waals surface area contributed by atoms with Gasteiger partial charge in [-0.2, -0.15) is 0 Å². The summed E-state index contributed by atoms with van der Waals surface area (Å²) in [6.45, 7) is 6.29. The third-order valence-corrected chi connectivity index (χ3v) is 8.05. The predicted octanol–water partition coefficient (Wildman–Crippen LogP) is 8.42. The fraction of sp³-hybridized carbons (Fsp3) is 0.152. The summed E-state index contributed by atoms with van der Waals surface area (Å²) in [5.41, 5.74) is 7.30. The third-order valence-electron chi connectivity index (χ3n) is 7.42. The molecular formula is C33H29ClN4OS. The highest BCUT2D eigenvalue weighted by atomic mass is 35.5. The minimum absolute atomic E-state index is 0.132. The van der Waals surface area contributed by atoms with Crippen molar-refractivity contribution in [2.45, 2.75) is 32.9 Å². The first-order chi connectivity index (χ1) is 19.4. The number of pyridine rings is 1. The lowest BCUT2D eigenvalue weighted by Crippen LogP contribution is -2.29. The standard InChI is InChI=1S/C33H29ClN4OS/c1-21-10-4-7-14-30(21)39-25-17-15-24(16-18-25)38-32(31(36-33(38)40)28-12-8-9-19-35-28)26-20-22(2)37(23(26)3)29-13-6-5-11-27(29)34/h4-20,31-32H,1-3H3,(H,36,40). The van der Waals surface area contributed by atoms with Gasteiger partial charge in [0, 0.05) is 23.3 Å². The summed E-state index contributed by atoms with van der Waals surface area (Å²) in [4.78, 5) is 6.89. The number of nitrogens with one attached hydrogen (secondary N) is 1. The largest absolute Gasteiger partial charge is 0.457 e. The molecule has 2 aromatic heterocycles. The van der Waals surface area contributed by atoms with Crippen LogP contribution in [0.1, 0.15) is 40.3 Å². The van der Waals surface area contributed by atoms with E-state index in [-0.39, 0.29) is 12.1 Å². The molecule has 0 bridgehead atoms. The van der Waals surface area contributed by atoms with Gasteiger partial charge in [0.05, 0.1) is 28.5 Å². The molecule has 1 saturated heterocycles. The number of aromatic nitrogens is 2. The van der Waals surface area contributed by atoms with Gasteiger partial charge in [-0.05, 0) is 105 Å². The van der Waals surface area contributed by atoms with Gasteiger partial charge in [-0.25, -0.2) is 0 Å². The predicted molar refractivity (Wildman–Crippen MR) is 166 cm³/mol. The van der Waals surface area contributed by atoms with Crippen molar-refractivity contribution >= 4 is 34.6 Å². The molecule has 6 rings (SSSR count). The molecule has 0 saturated carbocycles. The van der Waals surface area contributed by atoms with Crippen LogP contribution < -0.4 is 15.0 Å². The van der Waals surface area contributed by atoms with E-state index < -0.39 is 0 Å². The Bertz CT molecular complexity index is 1680. The van der Waals surface area contributed by atoms with Crippen LogP contribution in [0.4, 0.5) is 5.69 Å². The zero-order chi connectivity index (χ0) is 27.8. The molecule has 5 aromatic rings. The number of thiocarbonyl (C=S) groups is 1. The first-order valence-corrected chi connectivity index (χ1v) is 14.0. The second-order valence-electron chi connectivity index (χ2n) is 9.97. The number of ether oxygens (including phenoxy) is 1. The molecular weight excluding hydrogens is 536 g/mol. The normalized spacial score (nSPS) is 16.7. The Labute approximate surface area is 245 Å². The number of hydrogen-bond donors (Lipinski definition) is 1. The van der Waals surface area contributed by atoms with Gasteiger partial charge in [-0.3, -0.25) is 4.98 Å². The molecule has 3 heterocycles. The van der Waals surface area contributed by atoms with Crippen LogP contribution >= 0.6 is 23.8 Å². The van der Waals surface area contributed by atoms with Crippen molar-refractivity contribution in [1.82, 2.24) is 14.9 Å². The number of nitrogens with zero attached hydrogens (tertiary/aromatic N) is 3. The first-order valence-electron chi connectivity index (χ1n) is 13.2. The van der Waals surface area contributed by atoms with E-state index in [1.807, 2.05) is 92.0 Å². The number of benzene rings is 3. The van der Waals surface area contributed by atoms with Gasteiger partial charge in [0.1, 0.15) is 11.5 Å². The molecule has 40 heavy (non-hydrogen) atoms. The number of rotatable bonds is 6. The molecule has 0 spiro atoms. The number of hydrogen-bond acceptors (Lipinski definition) is 3. The van der Waals surface area contributed by atoms with E-state index in [4.69, 9.17) is 33.5 Å². The van der Waals surface area contributed by atoms with E-state index in [9.17, 15) is 0 Å². The van der Waals surface area contributed by atoms with Gasteiger partial charge in [0.15, 0.2) is 5.11 Å². The zero-order valence-corrected chi connectivity index (χ0v) is 24.1. The lowest BCUT2D eigenvalue weighted by molar-refractivity contribution is 0.479. The van der Waals surface area contributed by atoms with Gasteiger partial charge in [0.2, 0.25) is 0 Å². The van der Waals surface area contributed by atoms with Crippen LogP contribution in [-0.2, 0) is 0 Å². The molecule has 7 heteroatoms. The Hall–Kier alpha value is -4.13. The molecule has 5 nitrogen and oxygen atoms in total. The Kier molecular flexibility index (Phi) is 7.05. The minimum Gasteiger partial charge on any atom is -0.457 e. The summed E-state index contributed by atoms with van der Waals surface area (Å²) in [7, 11) is 0. The Morgan fingerprint density at radius 3 is 2.33 bits per heavy atom. The minimum atomic E-state index is -0.142. The zero-order valence-electron chi connectivity index (χ0n) is 22.5. The monoisotopic (exact) mass is 564 g/mol. The molecule has 1 fully saturated rings. The molecule has 0 aliphatic carbocycles. The van der Waals surface area contributed by atoms with Crippen LogP contribution in [-0.4, -0.2) is 14.7 Å². The highest BCUT2D eigenvalue weighted by molar-refractivity contribution is 7.80. The Balaban J connectivity index is 1.42. The smallest absolute Gasteiger partial charge is 0.174 e. The van der Waals surface area contributed by atoms with Crippen LogP contribution in [0.5, 0.6) is 11.5 Å². The van der Waals surface area contributed by atoms with E-state index in [1.165, 1.54) is 0 Å². The van der Waals surface area contributed by atoms with Gasteiger partial charge < -0.3 is 19.5 Å². The lowest BCUT2D eigenvalue weighted by Gasteiger charge is -2.28. The number of aryl methyl sites for hydroxylation is 2. The van der Waals surface area contributed by atoms with E-state index in [0.717, 1.165) is 51.1 Å². The summed E-state index contributed by atoms with van der Waals surface area (Å²) in [6, 6.07) is 32.0. The molecule has 3 aromatic carbocycles. The number of halogens is 1. The highest BCUT2D eigenvalue weighted by Crippen LogP contribution is 2.44. The van der Waals surface area contributed by atoms with Crippen molar-refractivity contribution in [1.29, 1.82) is 0 Å². The summed E-state index contributed by atoms with van der Waals surface area (Å²) in [6.07, 6.45) is 1.82. The van der Waals surface area contributed by atoms with E-state index in [2.05, 4.69) is 46.8 Å². The van der Waals surface area contributed by atoms with Gasteiger partial charge in [-0.15, -0.1) is 0 Å². The maximum Gasteiger partial charge on any atom is 0.174 e. The van der Waals surface area contributed by atoms with E-state index in [0.29, 0.717) is 10.1 Å². The second kappa shape index (κ2) is 10.8. The van der Waals surface area contributed by atoms with Crippen molar-refractivity contribution in [2.75, 3.05) is 4.90 Å². The third kappa shape index (κ3) is 4.74. The highest BCUT2D eigenvalue weighted by Gasteiger charge is 2.42. The Morgan fingerprint density at radius 1 is 0.875 bits per heavy atom. The summed E-state index contributed by atoms with van der Waals surface area (Å²) < 4.78 is 8.38. The van der Waals surface area contributed by atoms with E-state index >= 15 is 0 Å². The van der Waals surface area contributed by atoms with Crippen LogP contribution in [0.15, 0.2) is 103 Å². The van der Waals surface area contributed by atoms with Crippen LogP contribution in [0.3, 0.4) is 0 Å². The van der Waals surface area contributed by atoms with Gasteiger partial charge in [0.25, 0.3) is 0 Å². The van der Waals surface area contributed by atoms with Crippen molar-refractivity contribution < 1.29 is 4.74 Å². The topological polar surface area (TPSA) is 42.3 Å². The summed E-state index contributed by atoms with van der Waals surface area (Å²) in [5, 5.41) is 4.92. The maximum absolute atomic E-state index is 6.64. The number of anilines is 1. The Morgan fingerprint density at radius 2 is 1.60 bits per heavy atom. The molecule has 1 aliphatic rings. The average Bonchev–Trinajstić information content (AvgIpc) is 3.46. The van der Waals surface area contributed by atoms with Crippen molar-refractivity contribution in [3.05, 3.63) is 136 Å². The fourth-order valence-corrected chi connectivity index (χ4v) is 6.08. The molecule has 0 radical (unpaired) electrons. The van der Waals surface area contributed by atoms with Gasteiger partial charge in [-0.1, -0.05) is 48.0 Å². The molecule has 0 amide bonds. The summed E-state index contributed by atoms with van der Waals surface area (Å²) in [5.74, 6) is 1.61. The van der Waals surface area contributed by atoms with Crippen molar-refractivity contribution in [3.8, 4) is 17.2 Å². The SMILES string of the molecule is Cc1ccccc1Oc1ccc(N2C(=S)NC(c3ccccn3)C2c2cc(C)n(-c3ccccc3Cl)c2C)cc1. The first kappa shape index (κ1) is 26.1. The summed E-state index contributed by atoms with van der Waals surface area (Å²) >= 11 is 12.6. The van der Waals surface area contributed by atoms with Crippen molar-refractivity contribution in [2.24, 2.45) is 0 Å². The molecule has 1 N–H and O–H groups in total. The average molecular weight is 565 g/mol.